The maximum absolute atomic E-state index is 5.73. The van der Waals surface area contributed by atoms with Gasteiger partial charge in [0, 0.05) is 26.5 Å². The molecular formula is C11H15NO. The lowest BCUT2D eigenvalue weighted by atomic mass is 10.0. The van der Waals surface area contributed by atoms with Gasteiger partial charge in [0.05, 0.1) is 5.60 Å². The van der Waals surface area contributed by atoms with Gasteiger partial charge in [-0.3, -0.25) is 0 Å². The molecule has 2 nitrogen and oxygen atoms in total. The Hall–Kier alpha value is -0.860. The molecule has 1 aliphatic rings. The maximum atomic E-state index is 5.73. The van der Waals surface area contributed by atoms with Crippen molar-refractivity contribution < 1.29 is 4.74 Å². The van der Waals surface area contributed by atoms with E-state index in [2.05, 4.69) is 24.3 Å². The molecule has 0 atom stereocenters. The third-order valence-corrected chi connectivity index (χ3v) is 2.95. The Labute approximate surface area is 78.7 Å². The van der Waals surface area contributed by atoms with E-state index in [0.29, 0.717) is 6.54 Å². The standard InChI is InChI=1S/C11H15NO/c1-13-11(8-12)6-9-4-2-3-5-10(9)7-11/h2-5H,6-8,12H2,1H3. The van der Waals surface area contributed by atoms with Crippen molar-refractivity contribution in [2.75, 3.05) is 13.7 Å². The van der Waals surface area contributed by atoms with E-state index in [9.17, 15) is 0 Å². The van der Waals surface area contributed by atoms with Crippen molar-refractivity contribution in [2.24, 2.45) is 5.73 Å². The Balaban J connectivity index is 2.30. The molecule has 0 amide bonds. The predicted octanol–water partition coefficient (Wildman–Crippen LogP) is 1.13. The molecule has 2 N–H and O–H groups in total. The summed E-state index contributed by atoms with van der Waals surface area (Å²) in [5, 5.41) is 0. The van der Waals surface area contributed by atoms with Gasteiger partial charge < -0.3 is 10.5 Å². The van der Waals surface area contributed by atoms with Gasteiger partial charge in [0.15, 0.2) is 0 Å². The molecule has 1 aromatic carbocycles. The van der Waals surface area contributed by atoms with Gasteiger partial charge in [-0.1, -0.05) is 24.3 Å². The Bertz CT molecular complexity index is 278. The fourth-order valence-corrected chi connectivity index (χ4v) is 2.03. The van der Waals surface area contributed by atoms with Crippen LogP contribution in [0, 0.1) is 0 Å². The number of nitrogens with two attached hydrogens (primary N) is 1. The summed E-state index contributed by atoms with van der Waals surface area (Å²) >= 11 is 0. The van der Waals surface area contributed by atoms with Gasteiger partial charge in [0.25, 0.3) is 0 Å². The number of fused-ring (bicyclic) bond motifs is 1. The molecule has 0 fully saturated rings. The van der Waals surface area contributed by atoms with Crippen LogP contribution in [0.15, 0.2) is 24.3 Å². The molecule has 70 valence electrons. The van der Waals surface area contributed by atoms with Crippen molar-refractivity contribution in [1.82, 2.24) is 0 Å². The highest BCUT2D eigenvalue weighted by molar-refractivity contribution is 5.35. The molecule has 1 aliphatic carbocycles. The minimum atomic E-state index is -0.135. The van der Waals surface area contributed by atoms with Crippen LogP contribution >= 0.6 is 0 Å². The summed E-state index contributed by atoms with van der Waals surface area (Å²) in [6, 6.07) is 8.46. The van der Waals surface area contributed by atoms with Crippen LogP contribution in [0.5, 0.6) is 0 Å². The quantitative estimate of drug-likeness (QED) is 0.735. The number of hydrogen-bond donors (Lipinski definition) is 1. The van der Waals surface area contributed by atoms with E-state index in [1.54, 1.807) is 7.11 Å². The van der Waals surface area contributed by atoms with Crippen molar-refractivity contribution in [3.8, 4) is 0 Å². The summed E-state index contributed by atoms with van der Waals surface area (Å²) in [4.78, 5) is 0. The molecule has 13 heavy (non-hydrogen) atoms. The van der Waals surface area contributed by atoms with E-state index in [-0.39, 0.29) is 5.60 Å². The number of hydrogen-bond acceptors (Lipinski definition) is 2. The van der Waals surface area contributed by atoms with Crippen LogP contribution in [0.4, 0.5) is 0 Å². The zero-order chi connectivity index (χ0) is 9.31. The van der Waals surface area contributed by atoms with Crippen molar-refractivity contribution in [3.05, 3.63) is 35.4 Å². The van der Waals surface area contributed by atoms with Crippen molar-refractivity contribution in [1.29, 1.82) is 0 Å². The van der Waals surface area contributed by atoms with Crippen LogP contribution < -0.4 is 5.73 Å². The average Bonchev–Trinajstić information content (AvgIpc) is 2.57. The first kappa shape index (κ1) is 8.73. The fourth-order valence-electron chi connectivity index (χ4n) is 2.03. The SMILES string of the molecule is COC1(CN)Cc2ccccc2C1. The highest BCUT2D eigenvalue weighted by atomic mass is 16.5. The maximum Gasteiger partial charge on any atom is 0.0880 e. The first-order valence-electron chi connectivity index (χ1n) is 4.62. The van der Waals surface area contributed by atoms with Crippen molar-refractivity contribution >= 4 is 0 Å². The van der Waals surface area contributed by atoms with Crippen LogP contribution in [0.25, 0.3) is 0 Å². The summed E-state index contributed by atoms with van der Waals surface area (Å²) in [7, 11) is 1.75. The van der Waals surface area contributed by atoms with Crippen molar-refractivity contribution in [3.63, 3.8) is 0 Å². The minimum Gasteiger partial charge on any atom is -0.376 e. The highest BCUT2D eigenvalue weighted by Crippen LogP contribution is 2.31. The van der Waals surface area contributed by atoms with Gasteiger partial charge >= 0.3 is 0 Å². The topological polar surface area (TPSA) is 35.2 Å². The lowest BCUT2D eigenvalue weighted by molar-refractivity contribution is 0.00677. The molecular weight excluding hydrogens is 162 g/mol. The largest absolute Gasteiger partial charge is 0.376 e. The molecule has 0 spiro atoms. The summed E-state index contributed by atoms with van der Waals surface area (Å²) < 4.78 is 5.51. The third-order valence-electron chi connectivity index (χ3n) is 2.95. The smallest absolute Gasteiger partial charge is 0.0880 e. The summed E-state index contributed by atoms with van der Waals surface area (Å²) in [6.07, 6.45) is 1.91. The second-order valence-electron chi connectivity index (χ2n) is 3.71. The third kappa shape index (κ3) is 1.36. The lowest BCUT2D eigenvalue weighted by Crippen LogP contribution is -2.40. The van der Waals surface area contributed by atoms with Gasteiger partial charge in [0.2, 0.25) is 0 Å². The fraction of sp³-hybridized carbons (Fsp3) is 0.455. The van der Waals surface area contributed by atoms with Crippen LogP contribution in [0.1, 0.15) is 11.1 Å². The average molecular weight is 177 g/mol. The van der Waals surface area contributed by atoms with E-state index in [4.69, 9.17) is 10.5 Å². The normalized spacial score (nSPS) is 18.6. The first-order chi connectivity index (χ1) is 6.29. The molecule has 0 saturated heterocycles. The van der Waals surface area contributed by atoms with Crippen LogP contribution in [-0.2, 0) is 17.6 Å². The number of methoxy groups -OCH3 is 1. The molecule has 0 saturated carbocycles. The molecule has 1 aromatic rings. The second kappa shape index (κ2) is 3.13. The zero-order valence-corrected chi connectivity index (χ0v) is 7.92. The summed E-state index contributed by atoms with van der Waals surface area (Å²) in [5.74, 6) is 0. The van der Waals surface area contributed by atoms with E-state index < -0.39 is 0 Å². The molecule has 0 aromatic heterocycles. The van der Waals surface area contributed by atoms with E-state index in [1.807, 2.05) is 0 Å². The van der Waals surface area contributed by atoms with E-state index >= 15 is 0 Å². The molecule has 0 unspecified atom stereocenters. The van der Waals surface area contributed by atoms with Crippen LogP contribution in [0.2, 0.25) is 0 Å². The van der Waals surface area contributed by atoms with Gasteiger partial charge in [-0.25, -0.2) is 0 Å². The predicted molar refractivity (Wildman–Crippen MR) is 52.6 cm³/mol. The van der Waals surface area contributed by atoms with Gasteiger partial charge in [-0.15, -0.1) is 0 Å². The molecule has 0 aliphatic heterocycles. The number of ether oxygens (including phenoxy) is 1. The molecule has 0 heterocycles. The Kier molecular flexibility index (Phi) is 2.10. The molecule has 2 heteroatoms. The summed E-state index contributed by atoms with van der Waals surface area (Å²) in [5.41, 5.74) is 8.37. The van der Waals surface area contributed by atoms with Crippen molar-refractivity contribution in [2.45, 2.75) is 18.4 Å². The number of rotatable bonds is 2. The first-order valence-corrected chi connectivity index (χ1v) is 4.62. The minimum absolute atomic E-state index is 0.135. The van der Waals surface area contributed by atoms with E-state index in [0.717, 1.165) is 12.8 Å². The highest BCUT2D eigenvalue weighted by Gasteiger charge is 2.35. The number of benzene rings is 1. The Morgan fingerprint density at radius 3 is 2.23 bits per heavy atom. The molecule has 0 radical (unpaired) electrons. The monoisotopic (exact) mass is 177 g/mol. The zero-order valence-electron chi connectivity index (χ0n) is 7.92. The van der Waals surface area contributed by atoms with E-state index in [1.165, 1.54) is 11.1 Å². The second-order valence-corrected chi connectivity index (χ2v) is 3.71. The Morgan fingerprint density at radius 2 is 1.85 bits per heavy atom. The summed E-state index contributed by atoms with van der Waals surface area (Å²) in [6.45, 7) is 0.595. The van der Waals surface area contributed by atoms with Gasteiger partial charge in [-0.2, -0.15) is 0 Å². The molecule has 2 rings (SSSR count). The lowest BCUT2D eigenvalue weighted by Gasteiger charge is -2.25. The van der Waals surface area contributed by atoms with Gasteiger partial charge in [-0.05, 0) is 11.1 Å². The Morgan fingerprint density at radius 1 is 1.31 bits per heavy atom. The van der Waals surface area contributed by atoms with Crippen LogP contribution in [0.3, 0.4) is 0 Å². The van der Waals surface area contributed by atoms with Crippen LogP contribution in [-0.4, -0.2) is 19.3 Å². The molecule has 0 bridgehead atoms. The van der Waals surface area contributed by atoms with Gasteiger partial charge in [0.1, 0.15) is 0 Å².